The third-order valence-electron chi connectivity index (χ3n) is 8.37. The first-order chi connectivity index (χ1) is 22.9. The molecule has 2 saturated heterocycles. The zero-order valence-electron chi connectivity index (χ0n) is 25.9. The van der Waals surface area contributed by atoms with Crippen molar-refractivity contribution in [3.8, 4) is 28.4 Å². The molecule has 1 amide bonds. The van der Waals surface area contributed by atoms with Gasteiger partial charge in [0.1, 0.15) is 0 Å². The number of hydrogen-bond donors (Lipinski definition) is 4. The Morgan fingerprint density at radius 1 is 0.979 bits per heavy atom. The van der Waals surface area contributed by atoms with Crippen molar-refractivity contribution in [2.75, 3.05) is 32.2 Å². The van der Waals surface area contributed by atoms with Crippen molar-refractivity contribution < 1.29 is 18.7 Å². The molecule has 246 valence electrons. The van der Waals surface area contributed by atoms with Crippen LogP contribution in [0.3, 0.4) is 0 Å². The fraction of sp³-hybridized carbons (Fsp3) is 0.353. The fourth-order valence-corrected chi connectivity index (χ4v) is 6.35. The van der Waals surface area contributed by atoms with Crippen LogP contribution in [0.1, 0.15) is 36.8 Å². The number of hydrogen-bond acceptors (Lipinski definition) is 9. The van der Waals surface area contributed by atoms with Crippen molar-refractivity contribution in [2.24, 2.45) is 0 Å². The Balaban J connectivity index is 1.19. The highest BCUT2D eigenvalue weighted by Crippen LogP contribution is 2.41. The average molecular weight is 681 g/mol. The first kappa shape index (κ1) is 33.0. The Hall–Kier alpha value is -3.87. The summed E-state index contributed by atoms with van der Waals surface area (Å²) < 4.78 is 26.5. The number of rotatable bonds is 12. The van der Waals surface area contributed by atoms with Crippen molar-refractivity contribution in [3.63, 3.8) is 0 Å². The van der Waals surface area contributed by atoms with E-state index in [2.05, 4.69) is 31.2 Å². The SMILES string of the molecule is COc1nc(-c2ccnc(-c3cccc(Nc4nccc(CNC5CCOCC5)c4F)c3Cl)c2Cl)ccc1CNC[C@H]1CCC(=O)N1. The van der Waals surface area contributed by atoms with Gasteiger partial charge in [-0.2, -0.15) is 0 Å². The van der Waals surface area contributed by atoms with Crippen LogP contribution in [0.5, 0.6) is 5.88 Å². The van der Waals surface area contributed by atoms with Gasteiger partial charge in [0.15, 0.2) is 11.6 Å². The maximum atomic E-state index is 15.5. The Morgan fingerprint density at radius 2 is 1.81 bits per heavy atom. The summed E-state index contributed by atoms with van der Waals surface area (Å²) >= 11 is 13.8. The van der Waals surface area contributed by atoms with E-state index in [4.69, 9.17) is 37.7 Å². The van der Waals surface area contributed by atoms with Crippen LogP contribution in [0.2, 0.25) is 10.0 Å². The molecule has 2 aliphatic rings. The minimum atomic E-state index is -0.448. The lowest BCUT2D eigenvalue weighted by atomic mass is 10.1. The van der Waals surface area contributed by atoms with E-state index >= 15 is 4.39 Å². The van der Waals surface area contributed by atoms with E-state index in [1.807, 2.05) is 12.1 Å². The number of aromatic nitrogens is 3. The number of nitrogens with zero attached hydrogens (tertiary/aromatic N) is 3. The first-order valence-electron chi connectivity index (χ1n) is 15.6. The highest BCUT2D eigenvalue weighted by Gasteiger charge is 2.22. The van der Waals surface area contributed by atoms with Gasteiger partial charge < -0.3 is 30.7 Å². The molecule has 2 fully saturated rings. The number of halogens is 3. The molecule has 5 heterocycles. The minimum Gasteiger partial charge on any atom is -0.481 e. The maximum Gasteiger partial charge on any atom is 0.220 e. The summed E-state index contributed by atoms with van der Waals surface area (Å²) in [5, 5.41) is 13.5. The van der Waals surface area contributed by atoms with E-state index in [0.29, 0.717) is 89.0 Å². The quantitative estimate of drug-likeness (QED) is 0.142. The van der Waals surface area contributed by atoms with Crippen LogP contribution in [-0.4, -0.2) is 59.8 Å². The summed E-state index contributed by atoms with van der Waals surface area (Å²) in [5.41, 5.74) is 4.10. The molecule has 0 radical (unpaired) electrons. The summed E-state index contributed by atoms with van der Waals surface area (Å²) in [6, 6.07) is 13.0. The summed E-state index contributed by atoms with van der Waals surface area (Å²) in [7, 11) is 1.57. The lowest BCUT2D eigenvalue weighted by Gasteiger charge is -2.23. The largest absolute Gasteiger partial charge is 0.481 e. The second-order valence-electron chi connectivity index (χ2n) is 11.5. The zero-order chi connectivity index (χ0) is 32.8. The molecule has 1 aromatic carbocycles. The highest BCUT2D eigenvalue weighted by atomic mass is 35.5. The number of pyridine rings is 3. The third-order valence-corrected chi connectivity index (χ3v) is 9.16. The summed E-state index contributed by atoms with van der Waals surface area (Å²) in [6.07, 6.45) is 6.39. The van der Waals surface area contributed by atoms with Gasteiger partial charge in [-0.3, -0.25) is 9.78 Å². The number of carbonyl (C=O) groups excluding carboxylic acids is 1. The molecule has 6 rings (SSSR count). The Labute approximate surface area is 282 Å². The monoisotopic (exact) mass is 679 g/mol. The van der Waals surface area contributed by atoms with Crippen molar-refractivity contribution in [1.29, 1.82) is 0 Å². The highest BCUT2D eigenvalue weighted by molar-refractivity contribution is 6.39. The zero-order valence-corrected chi connectivity index (χ0v) is 27.4. The van der Waals surface area contributed by atoms with Crippen LogP contribution in [0, 0.1) is 5.82 Å². The van der Waals surface area contributed by atoms with Gasteiger partial charge in [-0.15, -0.1) is 0 Å². The molecule has 2 aliphatic heterocycles. The van der Waals surface area contributed by atoms with Crippen LogP contribution >= 0.6 is 23.2 Å². The first-order valence-corrected chi connectivity index (χ1v) is 16.4. The predicted molar refractivity (Wildman–Crippen MR) is 181 cm³/mol. The lowest BCUT2D eigenvalue weighted by Crippen LogP contribution is -2.35. The molecule has 0 bridgehead atoms. The van der Waals surface area contributed by atoms with Crippen LogP contribution in [0.15, 0.2) is 54.9 Å². The van der Waals surface area contributed by atoms with Gasteiger partial charge in [0, 0.05) is 86.0 Å². The molecular formula is C34H36Cl2FN7O3. The Kier molecular flexibility index (Phi) is 10.8. The Morgan fingerprint density at radius 3 is 2.60 bits per heavy atom. The maximum absolute atomic E-state index is 15.5. The van der Waals surface area contributed by atoms with Gasteiger partial charge in [-0.05, 0) is 43.5 Å². The van der Waals surface area contributed by atoms with Crippen molar-refractivity contribution >= 4 is 40.6 Å². The van der Waals surface area contributed by atoms with Gasteiger partial charge >= 0.3 is 0 Å². The molecule has 13 heteroatoms. The normalized spacial score (nSPS) is 16.7. The number of nitrogens with one attached hydrogen (secondary N) is 4. The number of ether oxygens (including phenoxy) is 2. The summed E-state index contributed by atoms with van der Waals surface area (Å²) in [4.78, 5) is 25.0. The van der Waals surface area contributed by atoms with Gasteiger partial charge in [-0.1, -0.05) is 41.4 Å². The van der Waals surface area contributed by atoms with E-state index in [1.165, 1.54) is 0 Å². The molecule has 0 aliphatic carbocycles. The number of anilines is 2. The molecule has 0 unspecified atom stereocenters. The van der Waals surface area contributed by atoms with Gasteiger partial charge in [0.05, 0.1) is 34.2 Å². The van der Waals surface area contributed by atoms with E-state index in [0.717, 1.165) is 24.8 Å². The third kappa shape index (κ3) is 7.82. The van der Waals surface area contributed by atoms with Crippen molar-refractivity contribution in [3.05, 3.63) is 81.8 Å². The number of methoxy groups -OCH3 is 1. The molecule has 10 nitrogen and oxygen atoms in total. The molecular weight excluding hydrogens is 644 g/mol. The van der Waals surface area contributed by atoms with Gasteiger partial charge in [0.25, 0.3) is 0 Å². The Bertz CT molecular complexity index is 1740. The lowest BCUT2D eigenvalue weighted by molar-refractivity contribution is -0.119. The standard InChI is InChI=1S/C34H36Cl2FN7O3/c1-46-34-21(17-38-19-23-6-8-28(45)42-23)5-7-26(44-34)24-10-14-39-32(30(24)36)25-3-2-4-27(29(25)35)43-33-31(37)20(9-13-40-33)18-41-22-11-15-47-16-12-22/h2-5,7,9-10,13-14,22-23,38,41H,6,8,11-12,15-19H2,1H3,(H,40,43)(H,42,45)/t23-/m1/s1. The molecule has 4 aromatic rings. The molecule has 0 saturated carbocycles. The van der Waals surface area contributed by atoms with E-state index in [9.17, 15) is 4.79 Å². The summed E-state index contributed by atoms with van der Waals surface area (Å²) in [5.74, 6) is 0.172. The van der Waals surface area contributed by atoms with Gasteiger partial charge in [0.2, 0.25) is 11.8 Å². The van der Waals surface area contributed by atoms with Crippen LogP contribution in [0.25, 0.3) is 22.5 Å². The van der Waals surface area contributed by atoms with E-state index in [1.54, 1.807) is 49.8 Å². The van der Waals surface area contributed by atoms with Crippen LogP contribution in [0.4, 0.5) is 15.9 Å². The van der Waals surface area contributed by atoms with E-state index in [-0.39, 0.29) is 23.8 Å². The predicted octanol–water partition coefficient (Wildman–Crippen LogP) is 6.04. The molecule has 4 N–H and O–H groups in total. The van der Waals surface area contributed by atoms with Crippen molar-refractivity contribution in [2.45, 2.75) is 50.9 Å². The summed E-state index contributed by atoms with van der Waals surface area (Å²) in [6.45, 7) is 2.98. The topological polar surface area (TPSA) is 122 Å². The second kappa shape index (κ2) is 15.4. The number of benzene rings is 1. The van der Waals surface area contributed by atoms with Gasteiger partial charge in [-0.25, -0.2) is 14.4 Å². The second-order valence-corrected chi connectivity index (χ2v) is 12.3. The van der Waals surface area contributed by atoms with Crippen LogP contribution < -0.4 is 26.0 Å². The van der Waals surface area contributed by atoms with E-state index < -0.39 is 5.82 Å². The fourth-order valence-electron chi connectivity index (χ4n) is 5.77. The van der Waals surface area contributed by atoms with Crippen molar-refractivity contribution in [1.82, 2.24) is 30.9 Å². The smallest absolute Gasteiger partial charge is 0.220 e. The minimum absolute atomic E-state index is 0.0713. The number of carbonyl (C=O) groups is 1. The molecule has 3 aromatic heterocycles. The molecule has 1 atom stereocenters. The molecule has 0 spiro atoms. The average Bonchev–Trinajstić information content (AvgIpc) is 3.51. The van der Waals surface area contributed by atoms with Crippen LogP contribution in [-0.2, 0) is 22.6 Å². The number of amides is 1. The molecule has 47 heavy (non-hydrogen) atoms.